The molecular formula is C23H25FN2O3. The quantitative estimate of drug-likeness (QED) is 0.353. The summed E-state index contributed by atoms with van der Waals surface area (Å²) >= 11 is 0. The number of oxime groups is 1. The highest BCUT2D eigenvalue weighted by Gasteiger charge is 2.24. The van der Waals surface area contributed by atoms with Gasteiger partial charge in [0, 0.05) is 33.0 Å². The first-order valence-corrected chi connectivity index (χ1v) is 9.43. The number of hydrogen-bond acceptors (Lipinski definition) is 5. The van der Waals surface area contributed by atoms with Crippen LogP contribution in [-0.4, -0.2) is 44.7 Å². The molecule has 5 nitrogen and oxygen atoms in total. The molecule has 0 N–H and O–H groups in total. The number of pyridine rings is 1. The second-order valence-electron chi connectivity index (χ2n) is 6.70. The fourth-order valence-electron chi connectivity index (χ4n) is 3.35. The number of hydrogen-bond donors (Lipinski definition) is 0. The van der Waals surface area contributed by atoms with Gasteiger partial charge in [0.15, 0.2) is 0 Å². The van der Waals surface area contributed by atoms with Crippen LogP contribution in [0.4, 0.5) is 4.39 Å². The molecule has 1 aliphatic carbocycles. The summed E-state index contributed by atoms with van der Waals surface area (Å²) in [6.45, 7) is 2.84. The number of allylic oxidation sites excluding steroid dienone is 2. The van der Waals surface area contributed by atoms with Gasteiger partial charge in [0.05, 0.1) is 12.8 Å². The van der Waals surface area contributed by atoms with Crippen molar-refractivity contribution in [3.8, 4) is 0 Å². The van der Waals surface area contributed by atoms with Crippen LogP contribution >= 0.6 is 0 Å². The molecule has 3 rings (SSSR count). The van der Waals surface area contributed by atoms with Gasteiger partial charge in [-0.1, -0.05) is 11.2 Å². The molecule has 0 radical (unpaired) electrons. The Morgan fingerprint density at radius 2 is 1.93 bits per heavy atom. The fraction of sp³-hybridized carbons (Fsp3) is 0.304. The summed E-state index contributed by atoms with van der Waals surface area (Å²) in [6.07, 6.45) is 7.56. The van der Waals surface area contributed by atoms with Gasteiger partial charge in [0.25, 0.3) is 0 Å². The van der Waals surface area contributed by atoms with Crippen molar-refractivity contribution in [1.82, 2.24) is 4.98 Å². The maximum Gasteiger partial charge on any atom is 0.123 e. The smallest absolute Gasteiger partial charge is 0.123 e. The molecule has 0 spiro atoms. The number of aromatic nitrogens is 1. The summed E-state index contributed by atoms with van der Waals surface area (Å²) in [4.78, 5) is 9.46. The Labute approximate surface area is 170 Å². The summed E-state index contributed by atoms with van der Waals surface area (Å²) in [5.41, 5.74) is 6.25. The molecule has 1 aromatic heterocycles. The van der Waals surface area contributed by atoms with Crippen molar-refractivity contribution in [2.75, 3.05) is 27.4 Å². The average Bonchev–Trinajstić information content (AvgIpc) is 2.98. The summed E-state index contributed by atoms with van der Waals surface area (Å²) in [5, 5.41) is 3.96. The lowest BCUT2D eigenvalue weighted by molar-refractivity contribution is 0.0666. The van der Waals surface area contributed by atoms with E-state index in [-0.39, 0.29) is 11.9 Å². The van der Waals surface area contributed by atoms with Crippen molar-refractivity contribution >= 4 is 23.4 Å². The van der Waals surface area contributed by atoms with Crippen molar-refractivity contribution in [3.05, 3.63) is 70.8 Å². The van der Waals surface area contributed by atoms with Crippen LogP contribution in [0.25, 0.3) is 17.2 Å². The molecule has 1 atom stereocenters. The van der Waals surface area contributed by atoms with Crippen LogP contribution in [-0.2, 0) is 14.3 Å². The van der Waals surface area contributed by atoms with Gasteiger partial charge in [0.2, 0.25) is 0 Å². The van der Waals surface area contributed by atoms with Crippen LogP contribution in [0, 0.1) is 5.82 Å². The molecule has 0 bridgehead atoms. The van der Waals surface area contributed by atoms with E-state index in [1.807, 2.05) is 18.2 Å². The normalized spacial score (nSPS) is 15.9. The molecule has 29 heavy (non-hydrogen) atoms. The predicted octanol–water partition coefficient (Wildman–Crippen LogP) is 4.60. The number of fused-ring (bicyclic) bond motifs is 1. The van der Waals surface area contributed by atoms with Crippen molar-refractivity contribution in [2.45, 2.75) is 19.4 Å². The van der Waals surface area contributed by atoms with Gasteiger partial charge in [-0.3, -0.25) is 4.98 Å². The van der Waals surface area contributed by atoms with Gasteiger partial charge < -0.3 is 14.3 Å². The number of rotatable bonds is 9. The number of methoxy groups -OCH3 is 2. The minimum atomic E-state index is -0.253. The third-order valence-electron chi connectivity index (χ3n) is 4.85. The highest BCUT2D eigenvalue weighted by molar-refractivity contribution is 6.05. The number of ether oxygens (including phenoxy) is 2. The molecule has 1 aliphatic rings. The average molecular weight is 396 g/mol. The molecule has 1 unspecified atom stereocenters. The predicted molar refractivity (Wildman–Crippen MR) is 113 cm³/mol. The SMILES string of the molecule is COCC(C=NOCCC1=C(C)C(=Cc2ccncc2)c2ccc(F)cc21)OC. The maximum atomic E-state index is 13.9. The molecular weight excluding hydrogens is 371 g/mol. The largest absolute Gasteiger partial charge is 0.396 e. The Kier molecular flexibility index (Phi) is 7.27. The highest BCUT2D eigenvalue weighted by Crippen LogP contribution is 2.43. The Bertz CT molecular complexity index is 923. The summed E-state index contributed by atoms with van der Waals surface area (Å²) in [5.74, 6) is -0.249. The molecule has 1 aromatic carbocycles. The third kappa shape index (κ3) is 5.16. The fourth-order valence-corrected chi connectivity index (χ4v) is 3.35. The lowest BCUT2D eigenvalue weighted by Crippen LogP contribution is -2.18. The lowest BCUT2D eigenvalue weighted by atomic mass is 10.0. The lowest BCUT2D eigenvalue weighted by Gasteiger charge is -2.08. The Morgan fingerprint density at radius 3 is 2.66 bits per heavy atom. The van der Waals surface area contributed by atoms with Crippen LogP contribution < -0.4 is 0 Å². The zero-order chi connectivity index (χ0) is 20.6. The number of nitrogens with zero attached hydrogens (tertiary/aromatic N) is 2. The zero-order valence-corrected chi connectivity index (χ0v) is 16.9. The highest BCUT2D eigenvalue weighted by atomic mass is 19.1. The van der Waals surface area contributed by atoms with E-state index in [4.69, 9.17) is 14.3 Å². The monoisotopic (exact) mass is 396 g/mol. The molecule has 1 heterocycles. The minimum Gasteiger partial charge on any atom is -0.396 e. The van der Waals surface area contributed by atoms with Gasteiger partial charge in [-0.15, -0.1) is 0 Å². The van der Waals surface area contributed by atoms with E-state index in [0.717, 1.165) is 33.4 Å². The van der Waals surface area contributed by atoms with Crippen molar-refractivity contribution in [3.63, 3.8) is 0 Å². The molecule has 152 valence electrons. The van der Waals surface area contributed by atoms with Gasteiger partial charge >= 0.3 is 0 Å². The van der Waals surface area contributed by atoms with E-state index in [1.165, 1.54) is 6.07 Å². The van der Waals surface area contributed by atoms with Gasteiger partial charge in [-0.25, -0.2) is 4.39 Å². The molecule has 0 saturated heterocycles. The number of benzene rings is 1. The van der Waals surface area contributed by atoms with Crippen LogP contribution in [0.2, 0.25) is 0 Å². The van der Waals surface area contributed by atoms with Crippen LogP contribution in [0.1, 0.15) is 30.0 Å². The standard InChI is InChI=1S/C23H25FN2O3/c1-16-20(8-11-29-26-14-19(28-3)15-27-2)23-13-18(24)4-5-21(23)22(16)12-17-6-9-25-10-7-17/h4-7,9-10,12-14,19H,8,11,15H2,1-3H3. The van der Waals surface area contributed by atoms with Crippen molar-refractivity contribution < 1.29 is 18.7 Å². The number of halogens is 1. The Balaban J connectivity index is 1.77. The second kappa shape index (κ2) is 10.1. The first-order chi connectivity index (χ1) is 14.1. The molecule has 2 aromatic rings. The molecule has 6 heteroatoms. The Hall–Kier alpha value is -2.83. The van der Waals surface area contributed by atoms with Crippen LogP contribution in [0.15, 0.2) is 53.5 Å². The van der Waals surface area contributed by atoms with E-state index in [2.05, 4.69) is 23.1 Å². The zero-order valence-electron chi connectivity index (χ0n) is 16.9. The molecule has 0 saturated carbocycles. The van der Waals surface area contributed by atoms with E-state index in [1.54, 1.807) is 38.9 Å². The van der Waals surface area contributed by atoms with Crippen LogP contribution in [0.5, 0.6) is 0 Å². The Morgan fingerprint density at radius 1 is 1.14 bits per heavy atom. The van der Waals surface area contributed by atoms with Crippen molar-refractivity contribution in [2.24, 2.45) is 5.16 Å². The van der Waals surface area contributed by atoms with Crippen molar-refractivity contribution in [1.29, 1.82) is 0 Å². The third-order valence-corrected chi connectivity index (χ3v) is 4.85. The molecule has 0 aliphatic heterocycles. The molecule has 0 amide bonds. The van der Waals surface area contributed by atoms with E-state index < -0.39 is 0 Å². The second-order valence-corrected chi connectivity index (χ2v) is 6.70. The van der Waals surface area contributed by atoms with E-state index in [9.17, 15) is 4.39 Å². The topological polar surface area (TPSA) is 52.9 Å². The summed E-state index contributed by atoms with van der Waals surface area (Å²) in [7, 11) is 3.19. The van der Waals surface area contributed by atoms with Gasteiger partial charge in [-0.2, -0.15) is 0 Å². The van der Waals surface area contributed by atoms with Gasteiger partial charge in [0.1, 0.15) is 18.5 Å². The van der Waals surface area contributed by atoms with Gasteiger partial charge in [-0.05, 0) is 70.7 Å². The first-order valence-electron chi connectivity index (χ1n) is 9.43. The maximum absolute atomic E-state index is 13.9. The van der Waals surface area contributed by atoms with E-state index in [0.29, 0.717) is 19.6 Å². The van der Waals surface area contributed by atoms with E-state index >= 15 is 0 Å². The minimum absolute atomic E-state index is 0.249. The summed E-state index contributed by atoms with van der Waals surface area (Å²) < 4.78 is 24.2. The summed E-state index contributed by atoms with van der Waals surface area (Å²) in [6, 6.07) is 8.82. The van der Waals surface area contributed by atoms with Crippen LogP contribution in [0.3, 0.4) is 0 Å². The molecule has 0 fully saturated rings. The first kappa shape index (κ1) is 20.9.